The van der Waals surface area contributed by atoms with Crippen LogP contribution in [0.2, 0.25) is 0 Å². The lowest BCUT2D eigenvalue weighted by Gasteiger charge is -2.13. The van der Waals surface area contributed by atoms with E-state index in [1.54, 1.807) is 31.0 Å². The van der Waals surface area contributed by atoms with Gasteiger partial charge < -0.3 is 15.2 Å². The highest BCUT2D eigenvalue weighted by Crippen LogP contribution is 2.35. The quantitative estimate of drug-likeness (QED) is 0.278. The fourth-order valence-electron chi connectivity index (χ4n) is 4.51. The average molecular weight is 493 g/mol. The van der Waals surface area contributed by atoms with Gasteiger partial charge in [0.15, 0.2) is 0 Å². The van der Waals surface area contributed by atoms with Gasteiger partial charge in [-0.2, -0.15) is 5.10 Å². The number of halogens is 1. The summed E-state index contributed by atoms with van der Waals surface area (Å²) in [5.41, 5.74) is 7.47. The van der Waals surface area contributed by atoms with Crippen LogP contribution in [0.25, 0.3) is 55.6 Å². The second kappa shape index (κ2) is 9.44. The number of aromatic nitrogens is 6. The molecule has 0 atom stereocenters. The topological polar surface area (TPSA) is 98.4 Å². The fourth-order valence-corrected chi connectivity index (χ4v) is 4.51. The fraction of sp³-hybridized carbons (Fsp3) is 0.143. The van der Waals surface area contributed by atoms with E-state index < -0.39 is 0 Å². The van der Waals surface area contributed by atoms with Gasteiger partial charge >= 0.3 is 0 Å². The van der Waals surface area contributed by atoms with Crippen molar-refractivity contribution in [1.29, 1.82) is 0 Å². The van der Waals surface area contributed by atoms with Gasteiger partial charge in [0, 0.05) is 59.3 Å². The number of anilines is 1. The highest BCUT2D eigenvalue weighted by atomic mass is 19.1. The molecule has 4 heterocycles. The molecule has 0 unspecified atom stereocenters. The van der Waals surface area contributed by atoms with Crippen LogP contribution < -0.4 is 5.32 Å². The molecule has 0 aliphatic rings. The molecule has 4 aromatic heterocycles. The van der Waals surface area contributed by atoms with Crippen LogP contribution in [0.3, 0.4) is 0 Å². The lowest BCUT2D eigenvalue weighted by molar-refractivity contribution is 0.425. The van der Waals surface area contributed by atoms with Crippen molar-refractivity contribution >= 4 is 27.5 Å². The lowest BCUT2D eigenvalue weighted by Crippen LogP contribution is -2.20. The summed E-state index contributed by atoms with van der Waals surface area (Å²) in [5, 5.41) is 12.9. The third kappa shape index (κ3) is 4.52. The summed E-state index contributed by atoms with van der Waals surface area (Å²) in [7, 11) is 4.02. The molecule has 6 rings (SSSR count). The molecule has 0 spiro atoms. The summed E-state index contributed by atoms with van der Waals surface area (Å²) in [4.78, 5) is 18.5. The number of hydrogen-bond donors (Lipinski definition) is 3. The Morgan fingerprint density at radius 1 is 0.892 bits per heavy atom. The monoisotopic (exact) mass is 492 g/mol. The van der Waals surface area contributed by atoms with Gasteiger partial charge in [-0.1, -0.05) is 6.07 Å². The molecule has 0 bridgehead atoms. The molecular weight excluding hydrogens is 467 g/mol. The van der Waals surface area contributed by atoms with E-state index >= 15 is 0 Å². The Bertz CT molecular complexity index is 1700. The summed E-state index contributed by atoms with van der Waals surface area (Å²) in [6, 6.07) is 13.1. The number of rotatable bonds is 7. The van der Waals surface area contributed by atoms with Crippen molar-refractivity contribution in [3.05, 3.63) is 79.3 Å². The molecule has 8 nitrogen and oxygen atoms in total. The molecule has 0 fully saturated rings. The van der Waals surface area contributed by atoms with Gasteiger partial charge in [0.1, 0.15) is 11.5 Å². The number of pyridine rings is 1. The minimum atomic E-state index is -0.299. The van der Waals surface area contributed by atoms with E-state index in [4.69, 9.17) is 0 Å². The molecule has 184 valence electrons. The van der Waals surface area contributed by atoms with E-state index in [0.717, 1.165) is 74.4 Å². The van der Waals surface area contributed by atoms with Gasteiger partial charge in [-0.15, -0.1) is 0 Å². The van der Waals surface area contributed by atoms with Crippen LogP contribution in [0, 0.1) is 5.82 Å². The molecule has 0 saturated heterocycles. The second-order valence-electron chi connectivity index (χ2n) is 9.21. The van der Waals surface area contributed by atoms with Crippen molar-refractivity contribution < 1.29 is 4.39 Å². The Kier molecular flexibility index (Phi) is 5.82. The molecule has 2 aromatic carbocycles. The number of benzene rings is 2. The summed E-state index contributed by atoms with van der Waals surface area (Å²) in [5.74, 6) is -0.299. The highest BCUT2D eigenvalue weighted by molar-refractivity contribution is 6.01. The van der Waals surface area contributed by atoms with E-state index in [1.807, 2.05) is 38.4 Å². The maximum atomic E-state index is 14.6. The first-order valence-electron chi connectivity index (χ1n) is 12.0. The zero-order valence-electron chi connectivity index (χ0n) is 20.5. The van der Waals surface area contributed by atoms with Gasteiger partial charge in [-0.3, -0.25) is 20.1 Å². The summed E-state index contributed by atoms with van der Waals surface area (Å²) in [6.45, 7) is 1.57. The van der Waals surface area contributed by atoms with Crippen molar-refractivity contribution in [2.75, 3.05) is 32.5 Å². The molecule has 0 amide bonds. The van der Waals surface area contributed by atoms with Gasteiger partial charge in [0.25, 0.3) is 0 Å². The summed E-state index contributed by atoms with van der Waals surface area (Å²) in [6.07, 6.45) is 8.62. The van der Waals surface area contributed by atoms with E-state index in [0.29, 0.717) is 0 Å². The number of H-pyrrole nitrogens is 2. The number of likely N-dealkylation sites (N-methyl/N-ethyl adjacent to an activating group) is 1. The van der Waals surface area contributed by atoms with Crippen LogP contribution in [0.1, 0.15) is 0 Å². The number of aromatic amines is 2. The predicted molar refractivity (Wildman–Crippen MR) is 145 cm³/mol. The zero-order chi connectivity index (χ0) is 25.4. The molecular formula is C28H25FN8. The maximum Gasteiger partial charge on any atom is 0.125 e. The van der Waals surface area contributed by atoms with Crippen LogP contribution in [0.15, 0.2) is 73.4 Å². The predicted octanol–water partition coefficient (Wildman–Crippen LogP) is 5.34. The van der Waals surface area contributed by atoms with Crippen LogP contribution >= 0.6 is 0 Å². The Balaban J connectivity index is 1.41. The van der Waals surface area contributed by atoms with Crippen LogP contribution in [0.4, 0.5) is 10.1 Å². The van der Waals surface area contributed by atoms with Crippen molar-refractivity contribution in [1.82, 2.24) is 35.0 Å². The van der Waals surface area contributed by atoms with Crippen LogP contribution in [-0.2, 0) is 0 Å². The first-order chi connectivity index (χ1) is 18.0. The standard InChI is InChI=1S/C28H25FN8/c1-37(2)8-7-32-20-10-18(9-19(29)12-20)23-14-31-16-27-21(23)13-25(34-27)28-22-11-17(3-4-24(22)35-36-28)26-15-30-5-6-33-26/h3-6,9-16,32,34H,7-8H2,1-2H3,(H,35,36). The van der Waals surface area contributed by atoms with E-state index in [-0.39, 0.29) is 5.82 Å². The summed E-state index contributed by atoms with van der Waals surface area (Å²) < 4.78 is 14.6. The number of nitrogens with one attached hydrogen (secondary N) is 3. The van der Waals surface area contributed by atoms with Crippen molar-refractivity contribution in [3.8, 4) is 33.8 Å². The number of fused-ring (bicyclic) bond motifs is 2. The van der Waals surface area contributed by atoms with E-state index in [9.17, 15) is 4.39 Å². The third-order valence-electron chi connectivity index (χ3n) is 6.32. The van der Waals surface area contributed by atoms with Gasteiger partial charge in [-0.25, -0.2) is 4.39 Å². The Morgan fingerprint density at radius 3 is 2.65 bits per heavy atom. The normalized spacial score (nSPS) is 11.6. The van der Waals surface area contributed by atoms with E-state index in [2.05, 4.69) is 46.4 Å². The third-order valence-corrected chi connectivity index (χ3v) is 6.32. The maximum absolute atomic E-state index is 14.6. The number of hydrogen-bond acceptors (Lipinski definition) is 6. The van der Waals surface area contributed by atoms with Crippen molar-refractivity contribution in [2.24, 2.45) is 0 Å². The van der Waals surface area contributed by atoms with E-state index in [1.165, 1.54) is 12.1 Å². The minimum Gasteiger partial charge on any atom is -0.384 e. The molecule has 3 N–H and O–H groups in total. The SMILES string of the molecule is CN(C)CCNc1cc(F)cc(-c2cncc3[nH]c(-c4n[nH]c5ccc(-c6cnccn6)cc45)cc23)c1. The average Bonchev–Trinajstić information content (AvgIpc) is 3.52. The van der Waals surface area contributed by atoms with Gasteiger partial charge in [0.05, 0.1) is 34.8 Å². The Labute approximate surface area is 212 Å². The largest absolute Gasteiger partial charge is 0.384 e. The van der Waals surface area contributed by atoms with Crippen molar-refractivity contribution in [2.45, 2.75) is 0 Å². The zero-order valence-corrected chi connectivity index (χ0v) is 20.5. The molecule has 6 aromatic rings. The summed E-state index contributed by atoms with van der Waals surface area (Å²) >= 11 is 0. The number of nitrogens with zero attached hydrogens (tertiary/aromatic N) is 5. The molecule has 0 aliphatic carbocycles. The lowest BCUT2D eigenvalue weighted by atomic mass is 10.0. The van der Waals surface area contributed by atoms with Gasteiger partial charge in [0.2, 0.25) is 0 Å². The highest BCUT2D eigenvalue weighted by Gasteiger charge is 2.15. The molecule has 37 heavy (non-hydrogen) atoms. The first kappa shape index (κ1) is 22.8. The second-order valence-corrected chi connectivity index (χ2v) is 9.21. The Hall–Kier alpha value is -4.63. The molecule has 9 heteroatoms. The smallest absolute Gasteiger partial charge is 0.125 e. The van der Waals surface area contributed by atoms with Gasteiger partial charge in [-0.05, 0) is 56.1 Å². The Morgan fingerprint density at radius 2 is 1.81 bits per heavy atom. The van der Waals surface area contributed by atoms with Crippen LogP contribution in [0.5, 0.6) is 0 Å². The first-order valence-corrected chi connectivity index (χ1v) is 12.0. The molecule has 0 saturated carbocycles. The minimum absolute atomic E-state index is 0.299. The molecule has 0 aliphatic heterocycles. The van der Waals surface area contributed by atoms with Crippen LogP contribution in [-0.4, -0.2) is 62.2 Å². The van der Waals surface area contributed by atoms with Crippen molar-refractivity contribution in [3.63, 3.8) is 0 Å². The molecule has 0 radical (unpaired) electrons.